The number of β-amino-alcohol motifs (C(OH)–C–C–N with tert-alkyl or cyclic N) is 1. The Balaban J connectivity index is 1.51. The summed E-state index contributed by atoms with van der Waals surface area (Å²) in [5.41, 5.74) is 0.984. The minimum absolute atomic E-state index is 0.106. The summed E-state index contributed by atoms with van der Waals surface area (Å²) >= 11 is 0. The molecule has 4 rings (SSSR count). The minimum atomic E-state index is -3.57. The molecule has 0 spiro atoms. The highest BCUT2D eigenvalue weighted by Crippen LogP contribution is 2.32. The molecule has 1 saturated heterocycles. The molecular weight excluding hydrogens is 382 g/mol. The van der Waals surface area contributed by atoms with Gasteiger partial charge < -0.3 is 14.6 Å². The average molecular weight is 403 g/mol. The molecule has 0 radical (unpaired) electrons. The quantitative estimate of drug-likeness (QED) is 0.632. The molecule has 2 atom stereocenters. The lowest BCUT2D eigenvalue weighted by Gasteiger charge is -2.19. The molecule has 0 aliphatic carbocycles. The van der Waals surface area contributed by atoms with Gasteiger partial charge in [0.1, 0.15) is 11.6 Å². The van der Waals surface area contributed by atoms with E-state index >= 15 is 0 Å². The number of hydrogen-bond acceptors (Lipinski definition) is 8. The van der Waals surface area contributed by atoms with Gasteiger partial charge in [0.05, 0.1) is 23.6 Å². The number of benzene rings is 1. The number of sulfone groups is 1. The number of nitrogens with zero attached hydrogens (tertiary/aromatic N) is 4. The zero-order valence-corrected chi connectivity index (χ0v) is 16.1. The van der Waals surface area contributed by atoms with E-state index in [1.165, 1.54) is 0 Å². The zero-order chi connectivity index (χ0) is 19.7. The maximum absolute atomic E-state index is 12.6. The van der Waals surface area contributed by atoms with E-state index in [2.05, 4.69) is 20.1 Å². The summed E-state index contributed by atoms with van der Waals surface area (Å²) in [7, 11) is -3.57. The molecule has 148 valence electrons. The number of aryl methyl sites for hydroxylation is 1. The zero-order valence-electron chi connectivity index (χ0n) is 15.3. The standard InChI is InChI=1S/C18H21N5O4S/c1-12-2-4-14(5-3-12)28(25,26)11-17-21-18(27-22-17)15-8-13(24)9-23(15)10-16-19-6-7-20-16/h2-7,13,15,24H,8-11H2,1H3,(H,19,20)/t13-,15+/m1/s1. The smallest absolute Gasteiger partial charge is 0.244 e. The SMILES string of the molecule is Cc1ccc(S(=O)(=O)Cc2noc([C@@H]3C[C@@H](O)CN3Cc3ncc[nH]3)n2)cc1. The lowest BCUT2D eigenvalue weighted by atomic mass is 10.2. The van der Waals surface area contributed by atoms with Crippen LogP contribution in [0.3, 0.4) is 0 Å². The topological polar surface area (TPSA) is 125 Å². The summed E-state index contributed by atoms with van der Waals surface area (Å²) in [5, 5.41) is 13.9. The van der Waals surface area contributed by atoms with E-state index in [0.29, 0.717) is 25.4 Å². The second-order valence-corrected chi connectivity index (χ2v) is 8.98. The number of aromatic amines is 1. The van der Waals surface area contributed by atoms with Crippen molar-refractivity contribution in [3.8, 4) is 0 Å². The molecule has 28 heavy (non-hydrogen) atoms. The van der Waals surface area contributed by atoms with Crippen LogP contribution >= 0.6 is 0 Å². The molecule has 2 N–H and O–H groups in total. The number of H-pyrrole nitrogens is 1. The van der Waals surface area contributed by atoms with Crippen LogP contribution in [-0.4, -0.2) is 51.2 Å². The van der Waals surface area contributed by atoms with E-state index < -0.39 is 15.9 Å². The summed E-state index contributed by atoms with van der Waals surface area (Å²) in [6, 6.07) is 6.36. The van der Waals surface area contributed by atoms with Crippen molar-refractivity contribution in [1.82, 2.24) is 25.0 Å². The van der Waals surface area contributed by atoms with Gasteiger partial charge in [-0.1, -0.05) is 22.9 Å². The maximum atomic E-state index is 12.6. The Morgan fingerprint density at radius 2 is 2.11 bits per heavy atom. The minimum Gasteiger partial charge on any atom is -0.392 e. The molecule has 1 aromatic carbocycles. The first-order chi connectivity index (χ1) is 13.4. The van der Waals surface area contributed by atoms with Crippen molar-refractivity contribution < 1.29 is 18.0 Å². The van der Waals surface area contributed by atoms with Crippen LogP contribution in [0.15, 0.2) is 46.1 Å². The van der Waals surface area contributed by atoms with Crippen LogP contribution in [0.5, 0.6) is 0 Å². The molecule has 0 saturated carbocycles. The maximum Gasteiger partial charge on any atom is 0.244 e. The Labute approximate surface area is 162 Å². The van der Waals surface area contributed by atoms with Crippen LogP contribution in [0.2, 0.25) is 0 Å². The van der Waals surface area contributed by atoms with E-state index in [1.807, 2.05) is 11.8 Å². The molecule has 1 aliphatic rings. The molecule has 3 heterocycles. The van der Waals surface area contributed by atoms with Gasteiger partial charge in [0.2, 0.25) is 5.89 Å². The number of imidazole rings is 1. The van der Waals surface area contributed by atoms with Crippen molar-refractivity contribution in [2.24, 2.45) is 0 Å². The highest BCUT2D eigenvalue weighted by atomic mass is 32.2. The number of hydrogen-bond donors (Lipinski definition) is 2. The Hall–Kier alpha value is -2.56. The van der Waals surface area contributed by atoms with Gasteiger partial charge in [-0.05, 0) is 25.5 Å². The van der Waals surface area contributed by atoms with E-state index in [4.69, 9.17) is 4.52 Å². The summed E-state index contributed by atoms with van der Waals surface area (Å²) in [6.45, 7) is 2.84. The number of aliphatic hydroxyl groups excluding tert-OH is 1. The number of rotatable bonds is 6. The molecule has 0 amide bonds. The summed E-state index contributed by atoms with van der Waals surface area (Å²) in [4.78, 5) is 13.7. The lowest BCUT2D eigenvalue weighted by molar-refractivity contribution is 0.167. The first-order valence-electron chi connectivity index (χ1n) is 8.93. The van der Waals surface area contributed by atoms with Crippen LogP contribution in [0.25, 0.3) is 0 Å². The molecule has 9 nitrogen and oxygen atoms in total. The van der Waals surface area contributed by atoms with Crippen LogP contribution in [0.4, 0.5) is 0 Å². The van der Waals surface area contributed by atoms with Gasteiger partial charge in [-0.2, -0.15) is 4.98 Å². The first-order valence-corrected chi connectivity index (χ1v) is 10.6. The third-order valence-electron chi connectivity index (χ3n) is 4.76. The van der Waals surface area contributed by atoms with Gasteiger partial charge in [0.25, 0.3) is 0 Å². The fourth-order valence-electron chi connectivity index (χ4n) is 3.35. The van der Waals surface area contributed by atoms with Crippen molar-refractivity contribution in [3.63, 3.8) is 0 Å². The van der Waals surface area contributed by atoms with Gasteiger partial charge >= 0.3 is 0 Å². The molecule has 1 aliphatic heterocycles. The fraction of sp³-hybridized carbons (Fsp3) is 0.389. The van der Waals surface area contributed by atoms with Gasteiger partial charge in [0.15, 0.2) is 15.7 Å². The third kappa shape index (κ3) is 3.98. The molecule has 10 heteroatoms. The molecule has 0 bridgehead atoms. The Bertz CT molecular complexity index is 1030. The van der Waals surface area contributed by atoms with Crippen LogP contribution in [0, 0.1) is 6.92 Å². The number of aromatic nitrogens is 4. The Kier molecular flexibility index (Phi) is 5.00. The summed E-state index contributed by atoms with van der Waals surface area (Å²) in [6.07, 6.45) is 3.31. The van der Waals surface area contributed by atoms with Gasteiger partial charge in [0, 0.05) is 18.9 Å². The Morgan fingerprint density at radius 3 is 2.82 bits per heavy atom. The predicted octanol–water partition coefficient (Wildman–Crippen LogP) is 1.38. The number of nitrogens with one attached hydrogen (secondary N) is 1. The number of likely N-dealkylation sites (tertiary alicyclic amines) is 1. The fourth-order valence-corrected chi connectivity index (χ4v) is 4.52. The van der Waals surface area contributed by atoms with Crippen LogP contribution < -0.4 is 0 Å². The van der Waals surface area contributed by atoms with E-state index in [1.54, 1.807) is 36.7 Å². The normalized spacial score (nSPS) is 20.6. The molecule has 2 aromatic heterocycles. The third-order valence-corrected chi connectivity index (χ3v) is 6.39. The molecular formula is C18H21N5O4S. The summed E-state index contributed by atoms with van der Waals surface area (Å²) in [5.74, 6) is 0.834. The van der Waals surface area contributed by atoms with Crippen LogP contribution in [-0.2, 0) is 22.1 Å². The van der Waals surface area contributed by atoms with Gasteiger partial charge in [-0.15, -0.1) is 0 Å². The second-order valence-electron chi connectivity index (χ2n) is 6.99. The second kappa shape index (κ2) is 7.46. The monoisotopic (exact) mass is 403 g/mol. The van der Waals surface area contributed by atoms with E-state index in [9.17, 15) is 13.5 Å². The first kappa shape index (κ1) is 18.8. The largest absolute Gasteiger partial charge is 0.392 e. The van der Waals surface area contributed by atoms with Crippen LogP contribution in [0.1, 0.15) is 35.6 Å². The highest BCUT2D eigenvalue weighted by Gasteiger charge is 2.36. The van der Waals surface area contributed by atoms with E-state index in [-0.39, 0.29) is 22.5 Å². The van der Waals surface area contributed by atoms with Crippen molar-refractivity contribution in [3.05, 3.63) is 59.8 Å². The molecule has 0 unspecified atom stereocenters. The predicted molar refractivity (Wildman–Crippen MR) is 98.7 cm³/mol. The van der Waals surface area contributed by atoms with Crippen molar-refractivity contribution in [1.29, 1.82) is 0 Å². The van der Waals surface area contributed by atoms with E-state index in [0.717, 1.165) is 11.4 Å². The van der Waals surface area contributed by atoms with Crippen molar-refractivity contribution in [2.75, 3.05) is 6.54 Å². The lowest BCUT2D eigenvalue weighted by Crippen LogP contribution is -2.25. The average Bonchev–Trinajstić information content (AvgIpc) is 3.37. The highest BCUT2D eigenvalue weighted by molar-refractivity contribution is 7.90. The van der Waals surface area contributed by atoms with Gasteiger partial charge in [-0.25, -0.2) is 13.4 Å². The molecule has 1 fully saturated rings. The van der Waals surface area contributed by atoms with Gasteiger partial charge in [-0.3, -0.25) is 4.90 Å². The molecule has 3 aromatic rings. The van der Waals surface area contributed by atoms with Crippen molar-refractivity contribution in [2.45, 2.75) is 42.7 Å². The number of aliphatic hydroxyl groups is 1. The summed E-state index contributed by atoms with van der Waals surface area (Å²) < 4.78 is 30.5. The Morgan fingerprint density at radius 1 is 1.32 bits per heavy atom. The van der Waals surface area contributed by atoms with Crippen molar-refractivity contribution >= 4 is 9.84 Å².